The van der Waals surface area contributed by atoms with Crippen LogP contribution in [-0.2, 0) is 9.53 Å². The molecular weight excluding hydrogens is 324 g/mol. The van der Waals surface area contributed by atoms with Crippen LogP contribution in [0.25, 0.3) is 0 Å². The Balaban J connectivity index is 3.40. The fourth-order valence-corrected chi connectivity index (χ4v) is 3.44. The van der Waals surface area contributed by atoms with Crippen molar-refractivity contribution in [1.82, 2.24) is 0 Å². The van der Waals surface area contributed by atoms with Crippen molar-refractivity contribution >= 4 is 31.2 Å². The molecule has 0 radical (unpaired) electrons. The van der Waals surface area contributed by atoms with Gasteiger partial charge in [0.2, 0.25) is 0 Å². The first-order valence-electron chi connectivity index (χ1n) is 9.54. The monoisotopic (exact) mass is 362 g/mol. The topological polar surface area (TPSA) is 26.3 Å². The van der Waals surface area contributed by atoms with Crippen molar-refractivity contribution in [2.75, 3.05) is 7.11 Å². The number of carbonyl (C=O) groups is 1. The fourth-order valence-electron chi connectivity index (χ4n) is 2.77. The predicted octanol–water partition coefficient (Wildman–Crippen LogP) is 6.24. The van der Waals surface area contributed by atoms with Gasteiger partial charge >= 0.3 is 5.97 Å². The van der Waals surface area contributed by atoms with Gasteiger partial charge in [-0.25, -0.2) is 0 Å². The van der Waals surface area contributed by atoms with E-state index in [-0.39, 0.29) is 5.97 Å². The molecule has 0 aliphatic heterocycles. The van der Waals surface area contributed by atoms with E-state index in [1.165, 1.54) is 71.3 Å². The highest BCUT2D eigenvalue weighted by atomic mass is 32.1. The van der Waals surface area contributed by atoms with E-state index in [4.69, 9.17) is 25.3 Å². The second-order valence-corrected chi connectivity index (χ2v) is 7.90. The number of thiol groups is 2. The van der Waals surface area contributed by atoms with Crippen molar-refractivity contribution in [1.29, 1.82) is 0 Å². The molecule has 0 saturated heterocycles. The van der Waals surface area contributed by atoms with E-state index in [2.05, 4.69) is 11.7 Å². The minimum absolute atomic E-state index is 0.0898. The summed E-state index contributed by atoms with van der Waals surface area (Å²) in [5, 5.41) is 0.855. The number of carbonyl (C=O) groups excluding carboxylic acids is 1. The maximum absolute atomic E-state index is 11.0. The quantitative estimate of drug-likeness (QED) is 0.193. The summed E-state index contributed by atoms with van der Waals surface area (Å²) in [6.07, 6.45) is 16.7. The highest BCUT2D eigenvalue weighted by Gasteiger charge is 2.13. The highest BCUT2D eigenvalue weighted by Crippen LogP contribution is 2.22. The van der Waals surface area contributed by atoms with Crippen molar-refractivity contribution < 1.29 is 9.53 Å². The minimum atomic E-state index is -0.0898. The van der Waals surface area contributed by atoms with E-state index in [1.54, 1.807) is 0 Å². The molecule has 0 amide bonds. The Morgan fingerprint density at radius 1 is 0.783 bits per heavy atom. The van der Waals surface area contributed by atoms with Gasteiger partial charge in [0.1, 0.15) is 0 Å². The number of hydrogen-bond acceptors (Lipinski definition) is 4. The molecule has 0 fully saturated rings. The SMILES string of the molecule is CCCCCCCC[C@@H](S)[C@@H](S)CCCCCCCC(=O)OC. The molecule has 0 unspecified atom stereocenters. The third-order valence-electron chi connectivity index (χ3n) is 4.41. The summed E-state index contributed by atoms with van der Waals surface area (Å²) in [5.74, 6) is -0.0898. The van der Waals surface area contributed by atoms with Crippen LogP contribution in [0.5, 0.6) is 0 Å². The lowest BCUT2D eigenvalue weighted by molar-refractivity contribution is -0.140. The first-order chi connectivity index (χ1) is 11.1. The molecule has 2 nitrogen and oxygen atoms in total. The Hall–Kier alpha value is 0.170. The smallest absolute Gasteiger partial charge is 0.305 e. The zero-order chi connectivity index (χ0) is 17.3. The van der Waals surface area contributed by atoms with Gasteiger partial charge in [-0.1, -0.05) is 71.1 Å². The summed E-state index contributed by atoms with van der Waals surface area (Å²) < 4.78 is 4.64. The van der Waals surface area contributed by atoms with Gasteiger partial charge in [0, 0.05) is 16.9 Å². The molecule has 0 aromatic rings. The second-order valence-electron chi connectivity index (χ2n) is 6.57. The van der Waals surface area contributed by atoms with Crippen LogP contribution in [0.3, 0.4) is 0 Å². The molecule has 0 saturated carbocycles. The molecule has 0 aromatic carbocycles. The Kier molecular flexibility index (Phi) is 17.1. The average molecular weight is 363 g/mol. The van der Waals surface area contributed by atoms with Gasteiger partial charge in [0.15, 0.2) is 0 Å². The Labute approximate surface area is 155 Å². The van der Waals surface area contributed by atoms with Crippen LogP contribution < -0.4 is 0 Å². The molecule has 138 valence electrons. The Morgan fingerprint density at radius 2 is 1.22 bits per heavy atom. The summed E-state index contributed by atoms with van der Waals surface area (Å²) in [6, 6.07) is 0. The molecule has 0 rings (SSSR count). The van der Waals surface area contributed by atoms with Gasteiger partial charge in [-0.05, 0) is 19.3 Å². The van der Waals surface area contributed by atoms with E-state index in [0.29, 0.717) is 16.9 Å². The molecule has 0 aromatic heterocycles. The van der Waals surface area contributed by atoms with Crippen LogP contribution in [0.4, 0.5) is 0 Å². The summed E-state index contributed by atoms with van der Waals surface area (Å²) in [4.78, 5) is 11.0. The largest absolute Gasteiger partial charge is 0.469 e. The van der Waals surface area contributed by atoms with Crippen molar-refractivity contribution in [2.24, 2.45) is 0 Å². The Morgan fingerprint density at radius 3 is 1.70 bits per heavy atom. The lowest BCUT2D eigenvalue weighted by Crippen LogP contribution is -2.15. The van der Waals surface area contributed by atoms with E-state index in [0.717, 1.165) is 19.3 Å². The maximum atomic E-state index is 11.0. The summed E-state index contributed by atoms with van der Waals surface area (Å²) in [6.45, 7) is 2.26. The summed E-state index contributed by atoms with van der Waals surface area (Å²) in [5.41, 5.74) is 0. The van der Waals surface area contributed by atoms with Crippen molar-refractivity contribution in [3.05, 3.63) is 0 Å². The minimum Gasteiger partial charge on any atom is -0.469 e. The van der Waals surface area contributed by atoms with Crippen LogP contribution in [-0.4, -0.2) is 23.6 Å². The van der Waals surface area contributed by atoms with Crippen LogP contribution in [0.1, 0.15) is 96.8 Å². The molecular formula is C19H38O2S2. The molecule has 0 bridgehead atoms. The van der Waals surface area contributed by atoms with Gasteiger partial charge in [0.25, 0.3) is 0 Å². The van der Waals surface area contributed by atoms with Gasteiger partial charge in [-0.2, -0.15) is 25.3 Å². The lowest BCUT2D eigenvalue weighted by atomic mass is 10.0. The van der Waals surface area contributed by atoms with Gasteiger partial charge < -0.3 is 4.74 Å². The fraction of sp³-hybridized carbons (Fsp3) is 0.947. The molecule has 2 atom stereocenters. The lowest BCUT2D eigenvalue weighted by Gasteiger charge is -2.18. The first kappa shape index (κ1) is 23.2. The molecule has 0 N–H and O–H groups in total. The van der Waals surface area contributed by atoms with E-state index in [1.807, 2.05) is 0 Å². The first-order valence-corrected chi connectivity index (χ1v) is 10.6. The third kappa shape index (κ3) is 15.4. The predicted molar refractivity (Wildman–Crippen MR) is 108 cm³/mol. The van der Waals surface area contributed by atoms with Crippen LogP contribution >= 0.6 is 25.3 Å². The molecule has 0 aliphatic rings. The number of unbranched alkanes of at least 4 members (excludes halogenated alkanes) is 9. The molecule has 0 spiro atoms. The third-order valence-corrected chi connectivity index (χ3v) is 5.88. The van der Waals surface area contributed by atoms with Crippen LogP contribution in [0, 0.1) is 0 Å². The standard InChI is InChI=1S/C19H38O2S2/c1-3-4-5-6-8-11-14-17(22)18(23)15-12-9-7-10-13-16-19(20)21-2/h17-18,22-23H,3-16H2,1-2H3/t17-,18+/m1/s1. The van der Waals surface area contributed by atoms with Gasteiger partial charge in [-0.3, -0.25) is 4.79 Å². The molecule has 23 heavy (non-hydrogen) atoms. The molecule has 0 aliphatic carbocycles. The van der Waals surface area contributed by atoms with Crippen molar-refractivity contribution in [3.8, 4) is 0 Å². The van der Waals surface area contributed by atoms with Crippen molar-refractivity contribution in [3.63, 3.8) is 0 Å². The van der Waals surface area contributed by atoms with Gasteiger partial charge in [-0.15, -0.1) is 0 Å². The van der Waals surface area contributed by atoms with Crippen LogP contribution in [0.15, 0.2) is 0 Å². The zero-order valence-corrected chi connectivity index (χ0v) is 17.1. The number of ether oxygens (including phenoxy) is 1. The summed E-state index contributed by atoms with van der Waals surface area (Å²) in [7, 11) is 1.45. The van der Waals surface area contributed by atoms with E-state index >= 15 is 0 Å². The number of esters is 1. The van der Waals surface area contributed by atoms with Gasteiger partial charge in [0.05, 0.1) is 7.11 Å². The maximum Gasteiger partial charge on any atom is 0.305 e. The number of rotatable bonds is 16. The van der Waals surface area contributed by atoms with E-state index in [9.17, 15) is 4.79 Å². The normalized spacial score (nSPS) is 13.7. The Bertz CT molecular complexity index is 272. The summed E-state index contributed by atoms with van der Waals surface area (Å²) >= 11 is 9.46. The number of methoxy groups -OCH3 is 1. The average Bonchev–Trinajstić information content (AvgIpc) is 2.56. The highest BCUT2D eigenvalue weighted by molar-refractivity contribution is 7.85. The van der Waals surface area contributed by atoms with E-state index < -0.39 is 0 Å². The van der Waals surface area contributed by atoms with Crippen molar-refractivity contribution in [2.45, 2.75) is 107 Å². The molecule has 0 heterocycles. The number of hydrogen-bond donors (Lipinski definition) is 2. The van der Waals surface area contributed by atoms with Crippen LogP contribution in [0.2, 0.25) is 0 Å². The second kappa shape index (κ2) is 17.0. The molecule has 4 heteroatoms. The zero-order valence-electron chi connectivity index (χ0n) is 15.3.